The largest absolute Gasteiger partial charge is 0.744 e. The molecule has 0 saturated heterocycles. The number of unbranched alkanes of at least 4 members (excludes halogenated alkanes) is 9. The van der Waals surface area contributed by atoms with Gasteiger partial charge in [0.05, 0.1) is 4.90 Å². The summed E-state index contributed by atoms with van der Waals surface area (Å²) < 4.78 is 34.9. The summed E-state index contributed by atoms with van der Waals surface area (Å²) in [4.78, 5) is 4.64. The Balaban J connectivity index is 0.000000331. The van der Waals surface area contributed by atoms with E-state index in [0.29, 0.717) is 0 Å². The SMILES string of the molecule is CCCCCCCCCCCCc1ccc(S(=O)(=O)[O-])cc1.CCN(CC)c1ccc(C(=C2C=CC(=[N+](CC)CC)C=C2)c2ccc(N(CC)CC)cc2)cc1. The fourth-order valence-corrected chi connectivity index (χ4v) is 7.89. The predicted molar refractivity (Wildman–Crippen MR) is 241 cm³/mol. The van der Waals surface area contributed by atoms with Crippen LogP contribution in [0.15, 0.2) is 108 Å². The molecule has 0 radical (unpaired) electrons. The van der Waals surface area contributed by atoms with Crippen LogP contribution < -0.4 is 9.80 Å². The summed E-state index contributed by atoms with van der Waals surface area (Å²) in [5.74, 6) is 0. The Kier molecular flexibility index (Phi) is 21.0. The highest BCUT2D eigenvalue weighted by molar-refractivity contribution is 7.85. The Morgan fingerprint density at radius 1 is 0.536 bits per heavy atom. The summed E-state index contributed by atoms with van der Waals surface area (Å²) in [6, 6.07) is 24.5. The third-order valence-electron chi connectivity index (χ3n) is 10.9. The Bertz CT molecular complexity index is 1720. The molecule has 0 N–H and O–H groups in total. The lowest BCUT2D eigenvalue weighted by molar-refractivity contribution is -0.519. The van der Waals surface area contributed by atoms with Gasteiger partial charge < -0.3 is 14.4 Å². The molecule has 1 aliphatic rings. The van der Waals surface area contributed by atoms with Crippen molar-refractivity contribution >= 4 is 32.8 Å². The van der Waals surface area contributed by atoms with Gasteiger partial charge in [0.15, 0.2) is 5.71 Å². The normalized spacial score (nSPS) is 12.4. The number of aryl methyl sites for hydroxylation is 1. The number of benzene rings is 3. The van der Waals surface area contributed by atoms with Crippen LogP contribution in [0.5, 0.6) is 0 Å². The maximum Gasteiger partial charge on any atom is 0.199 e. The van der Waals surface area contributed by atoms with E-state index in [1.165, 1.54) is 109 Å². The van der Waals surface area contributed by atoms with Crippen molar-refractivity contribution in [1.29, 1.82) is 0 Å². The topological polar surface area (TPSA) is 66.7 Å². The fraction of sp³-hybridized carbons (Fsp3) is 0.490. The minimum atomic E-state index is -4.31. The zero-order valence-corrected chi connectivity index (χ0v) is 36.5. The van der Waals surface area contributed by atoms with E-state index in [9.17, 15) is 13.0 Å². The molecule has 0 fully saturated rings. The summed E-state index contributed by atoms with van der Waals surface area (Å²) in [5, 5.41) is 0. The van der Waals surface area contributed by atoms with Crippen LogP contribution in [0, 0.1) is 0 Å². The molecule has 0 heterocycles. The number of hydrogen-bond donors (Lipinski definition) is 0. The summed E-state index contributed by atoms with van der Waals surface area (Å²) >= 11 is 0. The highest BCUT2D eigenvalue weighted by atomic mass is 32.2. The molecule has 56 heavy (non-hydrogen) atoms. The smallest absolute Gasteiger partial charge is 0.199 e. The van der Waals surface area contributed by atoms with E-state index in [1.54, 1.807) is 12.1 Å². The standard InChI is InChI=1S/C31H42N3.C18H30O3S/c1-7-32(8-2)28-19-13-25(14-20-28)31(26-15-21-29(22-16-26)33(9-3)10-4)27-17-23-30(24-18-27)34(11-5)12-6;1-2-3-4-5-6-7-8-9-10-11-12-17-13-15-18(16-14-17)22(19,20)21/h13-24H,7-12H2,1-6H3;13-16H,2-12H2,1H3,(H,19,20,21)/q+1;/p-1. The average Bonchev–Trinajstić information content (AvgIpc) is 3.22. The lowest BCUT2D eigenvalue weighted by Gasteiger charge is -2.23. The first-order valence-corrected chi connectivity index (χ1v) is 23.0. The average molecular weight is 782 g/mol. The lowest BCUT2D eigenvalue weighted by Crippen LogP contribution is -2.21. The first kappa shape index (κ1) is 46.4. The van der Waals surface area contributed by atoms with E-state index in [0.717, 1.165) is 57.7 Å². The maximum atomic E-state index is 10.8. The van der Waals surface area contributed by atoms with Gasteiger partial charge in [-0.05, 0) is 131 Å². The van der Waals surface area contributed by atoms with Gasteiger partial charge in [0.25, 0.3) is 0 Å². The summed E-state index contributed by atoms with van der Waals surface area (Å²) in [6.07, 6.45) is 23.1. The Morgan fingerprint density at radius 2 is 0.946 bits per heavy atom. The van der Waals surface area contributed by atoms with Crippen molar-refractivity contribution in [1.82, 2.24) is 0 Å². The van der Waals surface area contributed by atoms with Crippen molar-refractivity contribution in [2.24, 2.45) is 0 Å². The number of allylic oxidation sites excluding steroid dienone is 5. The zero-order valence-electron chi connectivity index (χ0n) is 35.7. The van der Waals surface area contributed by atoms with Crippen molar-refractivity contribution in [3.05, 3.63) is 119 Å². The first-order chi connectivity index (χ1) is 27.1. The van der Waals surface area contributed by atoms with E-state index >= 15 is 0 Å². The molecule has 6 nitrogen and oxygen atoms in total. The Labute approximate surface area is 341 Å². The van der Waals surface area contributed by atoms with Gasteiger partial charge in [-0.3, -0.25) is 0 Å². The van der Waals surface area contributed by atoms with E-state index < -0.39 is 10.1 Å². The minimum absolute atomic E-state index is 0.140. The molecule has 0 unspecified atom stereocenters. The van der Waals surface area contributed by atoms with Gasteiger partial charge in [-0.2, -0.15) is 0 Å². The van der Waals surface area contributed by atoms with Gasteiger partial charge in [0, 0.05) is 49.7 Å². The molecule has 0 aromatic heterocycles. The molecular weight excluding hydrogens is 711 g/mol. The highest BCUT2D eigenvalue weighted by Crippen LogP contribution is 2.32. The van der Waals surface area contributed by atoms with Crippen LogP contribution in [-0.4, -0.2) is 62.5 Å². The molecule has 4 rings (SSSR count). The Hall–Kier alpha value is -3.94. The zero-order chi connectivity index (χ0) is 40.8. The molecular formula is C49H71N3O3S. The van der Waals surface area contributed by atoms with Gasteiger partial charge in [-0.1, -0.05) is 101 Å². The molecule has 0 atom stereocenters. The molecule has 3 aromatic rings. The van der Waals surface area contributed by atoms with Gasteiger partial charge in [0.1, 0.15) is 23.2 Å². The molecule has 0 bridgehead atoms. The summed E-state index contributed by atoms with van der Waals surface area (Å²) in [6.45, 7) is 21.6. The molecule has 1 aliphatic carbocycles. The third-order valence-corrected chi connectivity index (χ3v) is 11.7. The monoisotopic (exact) mass is 782 g/mol. The summed E-state index contributed by atoms with van der Waals surface area (Å²) in [7, 11) is -4.31. The number of anilines is 2. The molecule has 0 aliphatic heterocycles. The summed E-state index contributed by atoms with van der Waals surface area (Å²) in [5.41, 5.74) is 9.98. The van der Waals surface area contributed by atoms with Gasteiger partial charge >= 0.3 is 0 Å². The van der Waals surface area contributed by atoms with Crippen molar-refractivity contribution < 1.29 is 17.5 Å². The second kappa shape index (κ2) is 25.3. The van der Waals surface area contributed by atoms with Crippen LogP contribution in [0.3, 0.4) is 0 Å². The van der Waals surface area contributed by atoms with Gasteiger partial charge in [-0.15, -0.1) is 0 Å². The quantitative estimate of drug-likeness (QED) is 0.0577. The molecule has 7 heteroatoms. The van der Waals surface area contributed by atoms with Crippen LogP contribution in [0.1, 0.15) is 129 Å². The van der Waals surface area contributed by atoms with Gasteiger partial charge in [0.2, 0.25) is 0 Å². The van der Waals surface area contributed by atoms with E-state index in [2.05, 4.69) is 136 Å². The van der Waals surface area contributed by atoms with E-state index in [-0.39, 0.29) is 4.90 Å². The second-order valence-electron chi connectivity index (χ2n) is 14.6. The van der Waals surface area contributed by atoms with Crippen molar-refractivity contribution in [3.8, 4) is 0 Å². The highest BCUT2D eigenvalue weighted by Gasteiger charge is 2.15. The predicted octanol–water partition coefficient (Wildman–Crippen LogP) is 11.9. The number of rotatable bonds is 22. The maximum absolute atomic E-state index is 10.8. The molecule has 306 valence electrons. The van der Waals surface area contributed by atoms with Crippen LogP contribution in [0.25, 0.3) is 5.57 Å². The van der Waals surface area contributed by atoms with Crippen molar-refractivity contribution in [2.45, 2.75) is 124 Å². The van der Waals surface area contributed by atoms with Crippen LogP contribution >= 0.6 is 0 Å². The van der Waals surface area contributed by atoms with Gasteiger partial charge in [-0.25, -0.2) is 13.0 Å². The van der Waals surface area contributed by atoms with Crippen LogP contribution in [0.2, 0.25) is 0 Å². The number of hydrogen-bond acceptors (Lipinski definition) is 5. The molecule has 3 aromatic carbocycles. The van der Waals surface area contributed by atoms with E-state index in [4.69, 9.17) is 0 Å². The fourth-order valence-electron chi connectivity index (χ4n) is 7.42. The van der Waals surface area contributed by atoms with E-state index in [1.807, 2.05) is 0 Å². The minimum Gasteiger partial charge on any atom is -0.744 e. The molecule has 0 saturated carbocycles. The third kappa shape index (κ3) is 14.9. The molecule has 0 amide bonds. The van der Waals surface area contributed by atoms with Crippen molar-refractivity contribution in [3.63, 3.8) is 0 Å². The van der Waals surface area contributed by atoms with Crippen molar-refractivity contribution in [2.75, 3.05) is 49.1 Å². The Morgan fingerprint density at radius 3 is 1.32 bits per heavy atom. The molecule has 0 spiro atoms. The number of nitrogens with zero attached hydrogens (tertiary/aromatic N) is 3. The van der Waals surface area contributed by atoms with Crippen LogP contribution in [0.4, 0.5) is 11.4 Å². The van der Waals surface area contributed by atoms with Crippen LogP contribution in [-0.2, 0) is 16.5 Å². The second-order valence-corrected chi connectivity index (χ2v) is 15.9. The lowest BCUT2D eigenvalue weighted by atomic mass is 9.90. The first-order valence-electron chi connectivity index (χ1n) is 21.6.